The monoisotopic (exact) mass is 293 g/mol. The summed E-state index contributed by atoms with van der Waals surface area (Å²) >= 11 is 1.60. The second kappa shape index (κ2) is 6.58. The quantitative estimate of drug-likeness (QED) is 0.856. The van der Waals surface area contributed by atoms with Gasteiger partial charge in [0.15, 0.2) is 5.13 Å². The van der Waals surface area contributed by atoms with Crippen LogP contribution in [0.2, 0.25) is 0 Å². The number of thiazole rings is 1. The van der Waals surface area contributed by atoms with Gasteiger partial charge in [-0.25, -0.2) is 0 Å². The Balaban J connectivity index is 2.09. The van der Waals surface area contributed by atoms with Gasteiger partial charge >= 0.3 is 0 Å². The van der Waals surface area contributed by atoms with Gasteiger partial charge in [0.05, 0.1) is 25.1 Å². The summed E-state index contributed by atoms with van der Waals surface area (Å²) < 4.78 is 5.30. The smallest absolute Gasteiger partial charge is 0.231 e. The first kappa shape index (κ1) is 14.6. The van der Waals surface area contributed by atoms with Crippen molar-refractivity contribution >= 4 is 22.2 Å². The van der Waals surface area contributed by atoms with Crippen molar-refractivity contribution < 1.29 is 9.84 Å². The van der Waals surface area contributed by atoms with E-state index >= 15 is 0 Å². The fourth-order valence-corrected chi connectivity index (χ4v) is 2.64. The first-order valence-electron chi connectivity index (χ1n) is 6.28. The lowest BCUT2D eigenvalue weighted by Gasteiger charge is -2.07. The summed E-state index contributed by atoms with van der Waals surface area (Å²) in [4.78, 5) is 7.42. The zero-order valence-electron chi connectivity index (χ0n) is 11.9. The van der Waals surface area contributed by atoms with Crippen LogP contribution >= 0.6 is 11.3 Å². The van der Waals surface area contributed by atoms with E-state index in [-0.39, 0.29) is 6.61 Å². The third-order valence-electron chi connectivity index (χ3n) is 2.79. The van der Waals surface area contributed by atoms with E-state index in [1.807, 2.05) is 43.3 Å². The molecular weight excluding hydrogens is 274 g/mol. The summed E-state index contributed by atoms with van der Waals surface area (Å²) in [7, 11) is 5.55. The molecular formula is C14H19N3O2S. The van der Waals surface area contributed by atoms with Gasteiger partial charge in [0.2, 0.25) is 5.88 Å². The lowest BCUT2D eigenvalue weighted by atomic mass is 10.2. The molecule has 0 saturated carbocycles. The van der Waals surface area contributed by atoms with Crippen molar-refractivity contribution in [2.24, 2.45) is 0 Å². The molecule has 20 heavy (non-hydrogen) atoms. The highest BCUT2D eigenvalue weighted by Gasteiger charge is 2.12. The van der Waals surface area contributed by atoms with Crippen LogP contribution in [0.25, 0.3) is 0 Å². The van der Waals surface area contributed by atoms with E-state index in [1.54, 1.807) is 18.4 Å². The molecule has 0 unspecified atom stereocenters. The van der Waals surface area contributed by atoms with Crippen molar-refractivity contribution in [1.82, 2.24) is 4.98 Å². The molecule has 2 N–H and O–H groups in total. The van der Waals surface area contributed by atoms with Crippen molar-refractivity contribution in [2.75, 3.05) is 31.4 Å². The van der Waals surface area contributed by atoms with E-state index < -0.39 is 0 Å². The number of hydrogen-bond acceptors (Lipinski definition) is 6. The third kappa shape index (κ3) is 3.40. The van der Waals surface area contributed by atoms with E-state index in [1.165, 1.54) is 0 Å². The van der Waals surface area contributed by atoms with E-state index in [0.717, 1.165) is 21.3 Å². The topological polar surface area (TPSA) is 57.6 Å². The second-order valence-corrected chi connectivity index (χ2v) is 5.60. The zero-order valence-corrected chi connectivity index (χ0v) is 12.7. The number of benzene rings is 1. The Labute approximate surface area is 122 Å². The normalized spacial score (nSPS) is 10.4. The van der Waals surface area contributed by atoms with Crippen molar-refractivity contribution in [3.63, 3.8) is 0 Å². The van der Waals surface area contributed by atoms with E-state index in [4.69, 9.17) is 9.84 Å². The van der Waals surface area contributed by atoms with Gasteiger partial charge in [-0.15, -0.1) is 0 Å². The number of rotatable bonds is 6. The standard InChI is InChI=1S/C14H19N3O2S/c1-17(2)14-16-13(19-3)12(20-14)8-15-11-6-4-5-10(7-11)9-18/h4-7,15,18H,8-9H2,1-3H3. The molecule has 0 atom stereocenters. The van der Waals surface area contributed by atoms with Gasteiger partial charge in [-0.3, -0.25) is 0 Å². The minimum Gasteiger partial charge on any atom is -0.480 e. The highest BCUT2D eigenvalue weighted by Crippen LogP contribution is 2.31. The molecule has 1 aromatic carbocycles. The maximum Gasteiger partial charge on any atom is 0.231 e. The summed E-state index contributed by atoms with van der Waals surface area (Å²) in [6, 6.07) is 7.71. The maximum absolute atomic E-state index is 9.13. The molecule has 1 heterocycles. The number of ether oxygens (including phenoxy) is 1. The van der Waals surface area contributed by atoms with Crippen LogP contribution in [-0.2, 0) is 13.2 Å². The summed E-state index contributed by atoms with van der Waals surface area (Å²) in [5, 5.41) is 13.4. The summed E-state index contributed by atoms with van der Waals surface area (Å²) in [5.41, 5.74) is 1.86. The number of aromatic nitrogens is 1. The number of methoxy groups -OCH3 is 1. The van der Waals surface area contributed by atoms with Gasteiger partial charge in [0, 0.05) is 19.8 Å². The molecule has 108 valence electrons. The second-order valence-electron chi connectivity index (χ2n) is 4.54. The number of anilines is 2. The predicted molar refractivity (Wildman–Crippen MR) is 82.7 cm³/mol. The SMILES string of the molecule is COc1nc(N(C)C)sc1CNc1cccc(CO)c1. The minimum absolute atomic E-state index is 0.0458. The Morgan fingerprint density at radius 2 is 2.20 bits per heavy atom. The molecule has 2 aromatic rings. The fourth-order valence-electron chi connectivity index (χ4n) is 1.75. The first-order chi connectivity index (χ1) is 9.63. The molecule has 0 saturated heterocycles. The van der Waals surface area contributed by atoms with Crippen molar-refractivity contribution in [2.45, 2.75) is 13.2 Å². The van der Waals surface area contributed by atoms with Crippen LogP contribution < -0.4 is 15.0 Å². The molecule has 2 rings (SSSR count). The summed E-state index contributed by atoms with van der Waals surface area (Å²) in [6.45, 7) is 0.688. The van der Waals surface area contributed by atoms with Gasteiger partial charge in [0.1, 0.15) is 0 Å². The van der Waals surface area contributed by atoms with Crippen LogP contribution in [0.15, 0.2) is 24.3 Å². The van der Waals surface area contributed by atoms with Gasteiger partial charge in [-0.1, -0.05) is 23.5 Å². The molecule has 5 nitrogen and oxygen atoms in total. The van der Waals surface area contributed by atoms with Crippen molar-refractivity contribution in [1.29, 1.82) is 0 Å². The largest absolute Gasteiger partial charge is 0.480 e. The Kier molecular flexibility index (Phi) is 4.81. The van der Waals surface area contributed by atoms with Crippen molar-refractivity contribution in [3.8, 4) is 5.88 Å². The minimum atomic E-state index is 0.0458. The number of hydrogen-bond donors (Lipinski definition) is 2. The molecule has 0 fully saturated rings. The highest BCUT2D eigenvalue weighted by atomic mass is 32.1. The molecule has 0 bridgehead atoms. The van der Waals surface area contributed by atoms with Gasteiger partial charge in [0.25, 0.3) is 0 Å². The average Bonchev–Trinajstić information content (AvgIpc) is 2.89. The predicted octanol–water partition coefficient (Wildman–Crippen LogP) is 2.32. The number of aliphatic hydroxyl groups excluding tert-OH is 1. The molecule has 0 aliphatic heterocycles. The zero-order chi connectivity index (χ0) is 14.5. The van der Waals surface area contributed by atoms with Crippen LogP contribution in [0.4, 0.5) is 10.8 Å². The van der Waals surface area contributed by atoms with Crippen LogP contribution in [-0.4, -0.2) is 31.3 Å². The fraction of sp³-hybridized carbons (Fsp3) is 0.357. The number of nitrogens with one attached hydrogen (secondary N) is 1. The molecule has 0 amide bonds. The van der Waals surface area contributed by atoms with E-state index in [9.17, 15) is 0 Å². The third-order valence-corrected chi connectivity index (χ3v) is 3.99. The number of aliphatic hydroxyl groups is 1. The van der Waals surface area contributed by atoms with E-state index in [0.29, 0.717) is 12.4 Å². The van der Waals surface area contributed by atoms with Crippen LogP contribution in [0.1, 0.15) is 10.4 Å². The lowest BCUT2D eigenvalue weighted by Crippen LogP contribution is -2.07. The van der Waals surface area contributed by atoms with Gasteiger partial charge < -0.3 is 20.1 Å². The highest BCUT2D eigenvalue weighted by molar-refractivity contribution is 7.15. The summed E-state index contributed by atoms with van der Waals surface area (Å²) in [5.74, 6) is 0.657. The van der Waals surface area contributed by atoms with Crippen LogP contribution in [0.3, 0.4) is 0 Å². The molecule has 6 heteroatoms. The lowest BCUT2D eigenvalue weighted by molar-refractivity contribution is 0.282. The van der Waals surface area contributed by atoms with Crippen LogP contribution in [0.5, 0.6) is 5.88 Å². The Hall–Kier alpha value is -1.79. The van der Waals surface area contributed by atoms with Crippen molar-refractivity contribution in [3.05, 3.63) is 34.7 Å². The molecule has 0 radical (unpaired) electrons. The van der Waals surface area contributed by atoms with Gasteiger partial charge in [-0.2, -0.15) is 4.98 Å². The Morgan fingerprint density at radius 3 is 2.85 bits per heavy atom. The number of nitrogens with zero attached hydrogens (tertiary/aromatic N) is 2. The Bertz CT molecular complexity index is 569. The first-order valence-corrected chi connectivity index (χ1v) is 7.10. The molecule has 1 aromatic heterocycles. The Morgan fingerprint density at radius 1 is 1.40 bits per heavy atom. The molecule has 0 aliphatic rings. The maximum atomic E-state index is 9.13. The average molecular weight is 293 g/mol. The van der Waals surface area contributed by atoms with E-state index in [2.05, 4.69) is 10.3 Å². The molecule has 0 spiro atoms. The summed E-state index contributed by atoms with van der Waals surface area (Å²) in [6.07, 6.45) is 0. The van der Waals surface area contributed by atoms with Crippen LogP contribution in [0, 0.1) is 0 Å². The molecule has 0 aliphatic carbocycles. The van der Waals surface area contributed by atoms with Gasteiger partial charge in [-0.05, 0) is 17.7 Å².